The molecule has 2 aliphatic rings. The molecular weight excluding hydrogens is 238 g/mol. The van der Waals surface area contributed by atoms with Gasteiger partial charge in [-0.15, -0.1) is 0 Å². The molecule has 0 radical (unpaired) electrons. The Kier molecular flexibility index (Phi) is 5.26. The van der Waals surface area contributed by atoms with Crippen molar-refractivity contribution in [2.24, 2.45) is 17.8 Å². The van der Waals surface area contributed by atoms with Crippen molar-refractivity contribution in [3.63, 3.8) is 0 Å². The monoisotopic (exact) mass is 267 g/mol. The third kappa shape index (κ3) is 4.48. The number of amides is 1. The second-order valence-electron chi connectivity index (χ2n) is 6.76. The Morgan fingerprint density at radius 1 is 1.16 bits per heavy atom. The number of carbonyl (C=O) groups excluding carboxylic acids is 1. The summed E-state index contributed by atoms with van der Waals surface area (Å²) >= 11 is 0. The maximum Gasteiger partial charge on any atom is 0.222 e. The highest BCUT2D eigenvalue weighted by Crippen LogP contribution is 2.33. The number of carbonyl (C=O) groups is 1. The van der Waals surface area contributed by atoms with E-state index in [9.17, 15) is 9.90 Å². The number of aliphatic hydroxyl groups is 1. The molecular formula is C16H29NO2. The van der Waals surface area contributed by atoms with Crippen LogP contribution in [0.4, 0.5) is 0 Å². The van der Waals surface area contributed by atoms with Gasteiger partial charge in [0.2, 0.25) is 5.91 Å². The quantitative estimate of drug-likeness (QED) is 0.804. The van der Waals surface area contributed by atoms with Gasteiger partial charge < -0.3 is 10.0 Å². The van der Waals surface area contributed by atoms with Crippen LogP contribution in [0.15, 0.2) is 0 Å². The Balaban J connectivity index is 1.72. The number of hydrogen-bond donors (Lipinski definition) is 1. The summed E-state index contributed by atoms with van der Waals surface area (Å²) in [7, 11) is 1.83. The van der Waals surface area contributed by atoms with Crippen molar-refractivity contribution in [3.8, 4) is 0 Å². The van der Waals surface area contributed by atoms with E-state index in [2.05, 4.69) is 6.92 Å². The molecule has 2 atom stereocenters. The molecule has 0 spiro atoms. The van der Waals surface area contributed by atoms with Crippen LogP contribution in [0.1, 0.15) is 58.3 Å². The number of nitrogens with zero attached hydrogens (tertiary/aromatic N) is 1. The molecule has 19 heavy (non-hydrogen) atoms. The summed E-state index contributed by atoms with van der Waals surface area (Å²) in [4.78, 5) is 13.9. The van der Waals surface area contributed by atoms with Crippen molar-refractivity contribution in [2.75, 3.05) is 13.6 Å². The van der Waals surface area contributed by atoms with Crippen LogP contribution in [0.3, 0.4) is 0 Å². The second kappa shape index (κ2) is 6.74. The molecule has 1 N–H and O–H groups in total. The van der Waals surface area contributed by atoms with Gasteiger partial charge in [-0.3, -0.25) is 4.79 Å². The van der Waals surface area contributed by atoms with E-state index >= 15 is 0 Å². The molecule has 0 aromatic carbocycles. The van der Waals surface area contributed by atoms with Gasteiger partial charge in [0.05, 0.1) is 6.10 Å². The summed E-state index contributed by atoms with van der Waals surface area (Å²) in [5.74, 6) is 1.89. The van der Waals surface area contributed by atoms with Gasteiger partial charge in [0, 0.05) is 20.0 Å². The van der Waals surface area contributed by atoms with E-state index in [1.165, 1.54) is 32.1 Å². The lowest BCUT2D eigenvalue weighted by Gasteiger charge is -2.29. The number of likely N-dealkylation sites (N-methyl/N-ethyl adjacent to an activating group) is 1. The summed E-state index contributed by atoms with van der Waals surface area (Å²) in [5, 5.41) is 9.90. The van der Waals surface area contributed by atoms with Crippen LogP contribution in [0.25, 0.3) is 0 Å². The molecule has 0 heterocycles. The summed E-state index contributed by atoms with van der Waals surface area (Å²) in [6.07, 6.45) is 9.22. The van der Waals surface area contributed by atoms with Gasteiger partial charge in [-0.1, -0.05) is 39.0 Å². The van der Waals surface area contributed by atoms with Crippen molar-refractivity contribution in [1.82, 2.24) is 4.90 Å². The molecule has 0 saturated heterocycles. The Morgan fingerprint density at radius 3 is 2.37 bits per heavy atom. The van der Waals surface area contributed by atoms with Crippen LogP contribution in [0, 0.1) is 17.8 Å². The van der Waals surface area contributed by atoms with Crippen molar-refractivity contribution in [3.05, 3.63) is 0 Å². The fourth-order valence-electron chi connectivity index (χ4n) is 3.31. The van der Waals surface area contributed by atoms with Crippen LogP contribution in [-0.4, -0.2) is 35.6 Å². The third-order valence-electron chi connectivity index (χ3n) is 5.00. The highest BCUT2D eigenvalue weighted by molar-refractivity contribution is 5.76. The lowest BCUT2D eigenvalue weighted by molar-refractivity contribution is -0.132. The van der Waals surface area contributed by atoms with Gasteiger partial charge in [-0.2, -0.15) is 0 Å². The highest BCUT2D eigenvalue weighted by Gasteiger charge is 2.31. The average Bonchev–Trinajstić information content (AvgIpc) is 3.23. The summed E-state index contributed by atoms with van der Waals surface area (Å²) in [6.45, 7) is 2.74. The first kappa shape index (κ1) is 14.8. The second-order valence-corrected chi connectivity index (χ2v) is 6.76. The van der Waals surface area contributed by atoms with E-state index < -0.39 is 0 Å². The normalized spacial score (nSPS) is 23.9. The average molecular weight is 267 g/mol. The smallest absolute Gasteiger partial charge is 0.222 e. The number of rotatable bonds is 6. The van der Waals surface area contributed by atoms with Gasteiger partial charge in [0.25, 0.3) is 0 Å². The maximum absolute atomic E-state index is 12.2. The van der Waals surface area contributed by atoms with Crippen molar-refractivity contribution in [2.45, 2.75) is 64.4 Å². The first-order valence-corrected chi connectivity index (χ1v) is 8.00. The predicted octanol–water partition coefficient (Wildman–Crippen LogP) is 2.82. The molecule has 1 amide bonds. The lowest BCUT2D eigenvalue weighted by atomic mass is 9.79. The van der Waals surface area contributed by atoms with Crippen molar-refractivity contribution in [1.29, 1.82) is 0 Å². The van der Waals surface area contributed by atoms with E-state index in [0.717, 1.165) is 18.8 Å². The largest absolute Gasteiger partial charge is 0.391 e. The molecule has 2 saturated carbocycles. The Labute approximate surface area is 117 Å². The van der Waals surface area contributed by atoms with Gasteiger partial charge in [-0.25, -0.2) is 0 Å². The standard InChI is InChI=1S/C16H29NO2/c1-12(13-6-4-3-5-7-13)10-16(19)17(2)11-15(18)14-8-9-14/h12-15,18H,3-11H2,1-2H3. The topological polar surface area (TPSA) is 40.5 Å². The third-order valence-corrected chi connectivity index (χ3v) is 5.00. The van der Waals surface area contributed by atoms with Crippen LogP contribution in [0.5, 0.6) is 0 Å². The first-order chi connectivity index (χ1) is 9.08. The summed E-state index contributed by atoms with van der Waals surface area (Å²) in [6, 6.07) is 0. The molecule has 2 aliphatic carbocycles. The summed E-state index contributed by atoms with van der Waals surface area (Å²) in [5.41, 5.74) is 0. The lowest BCUT2D eigenvalue weighted by Crippen LogP contribution is -2.36. The van der Waals surface area contributed by atoms with E-state index in [1.807, 2.05) is 7.05 Å². The molecule has 0 aromatic rings. The van der Waals surface area contributed by atoms with Crippen molar-refractivity contribution >= 4 is 5.91 Å². The van der Waals surface area contributed by atoms with Crippen LogP contribution in [-0.2, 0) is 4.79 Å². The highest BCUT2D eigenvalue weighted by atomic mass is 16.3. The molecule has 0 aromatic heterocycles. The van der Waals surface area contributed by atoms with E-state index in [-0.39, 0.29) is 12.0 Å². The van der Waals surface area contributed by atoms with Crippen LogP contribution < -0.4 is 0 Å². The first-order valence-electron chi connectivity index (χ1n) is 8.00. The Hall–Kier alpha value is -0.570. The van der Waals surface area contributed by atoms with Crippen LogP contribution in [0.2, 0.25) is 0 Å². The Morgan fingerprint density at radius 2 is 1.79 bits per heavy atom. The maximum atomic E-state index is 12.2. The van der Waals surface area contributed by atoms with Gasteiger partial charge in [0.15, 0.2) is 0 Å². The molecule has 3 heteroatoms. The molecule has 3 nitrogen and oxygen atoms in total. The fraction of sp³-hybridized carbons (Fsp3) is 0.938. The number of hydrogen-bond acceptors (Lipinski definition) is 2. The molecule has 2 fully saturated rings. The zero-order valence-electron chi connectivity index (χ0n) is 12.5. The van der Waals surface area contributed by atoms with E-state index in [1.54, 1.807) is 4.90 Å². The Bertz CT molecular complexity index is 295. The minimum absolute atomic E-state index is 0.206. The van der Waals surface area contributed by atoms with E-state index in [4.69, 9.17) is 0 Å². The zero-order chi connectivity index (χ0) is 13.8. The summed E-state index contributed by atoms with van der Waals surface area (Å²) < 4.78 is 0. The minimum Gasteiger partial charge on any atom is -0.391 e. The van der Waals surface area contributed by atoms with Gasteiger partial charge >= 0.3 is 0 Å². The minimum atomic E-state index is -0.307. The van der Waals surface area contributed by atoms with E-state index in [0.29, 0.717) is 24.8 Å². The van der Waals surface area contributed by atoms with Gasteiger partial charge in [-0.05, 0) is 30.6 Å². The zero-order valence-corrected chi connectivity index (χ0v) is 12.5. The molecule has 110 valence electrons. The molecule has 0 aliphatic heterocycles. The fourth-order valence-corrected chi connectivity index (χ4v) is 3.31. The molecule has 2 rings (SSSR count). The van der Waals surface area contributed by atoms with Gasteiger partial charge in [0.1, 0.15) is 0 Å². The number of aliphatic hydroxyl groups excluding tert-OH is 1. The van der Waals surface area contributed by atoms with Crippen molar-refractivity contribution < 1.29 is 9.90 Å². The molecule has 0 bridgehead atoms. The van der Waals surface area contributed by atoms with Crippen LogP contribution >= 0.6 is 0 Å². The SMILES string of the molecule is CC(CC(=O)N(C)CC(O)C1CC1)C1CCCCC1. The molecule has 2 unspecified atom stereocenters. The predicted molar refractivity (Wildman–Crippen MR) is 76.7 cm³/mol.